The lowest BCUT2D eigenvalue weighted by Crippen LogP contribution is -2.10. The molecule has 98 valence electrons. The van der Waals surface area contributed by atoms with E-state index < -0.39 is 17.7 Å². The van der Waals surface area contributed by atoms with Gasteiger partial charge in [0.2, 0.25) is 0 Å². The van der Waals surface area contributed by atoms with Crippen LogP contribution < -0.4 is 5.73 Å². The van der Waals surface area contributed by atoms with Crippen LogP contribution in [0.4, 0.5) is 0 Å². The summed E-state index contributed by atoms with van der Waals surface area (Å²) in [6.07, 6.45) is 0. The Labute approximate surface area is 102 Å². The third kappa shape index (κ3) is 4.62. The maximum atomic E-state index is 10.9. The van der Waals surface area contributed by atoms with Crippen LogP contribution in [-0.2, 0) is 4.79 Å². The lowest BCUT2D eigenvalue weighted by Gasteiger charge is -2.02. The van der Waals surface area contributed by atoms with E-state index in [0.717, 1.165) is 0 Å². The molecule has 0 heterocycles. The number of rotatable bonds is 3. The number of hydrogen-bond donors (Lipinski definition) is 4. The van der Waals surface area contributed by atoms with Crippen LogP contribution in [0.25, 0.3) is 0 Å². The van der Waals surface area contributed by atoms with Crippen molar-refractivity contribution >= 4 is 17.7 Å². The van der Waals surface area contributed by atoms with Crippen LogP contribution in [-0.4, -0.2) is 39.6 Å². The van der Waals surface area contributed by atoms with Crippen LogP contribution in [0, 0.1) is 0 Å². The Kier molecular flexibility index (Phi) is 6.08. The zero-order valence-corrected chi connectivity index (χ0v) is 9.58. The quantitative estimate of drug-likeness (QED) is 0.570. The van der Waals surface area contributed by atoms with E-state index in [1.807, 2.05) is 0 Å². The summed E-state index contributed by atoms with van der Waals surface area (Å²) in [4.78, 5) is 30.7. The first-order valence-corrected chi connectivity index (χ1v) is 4.79. The van der Waals surface area contributed by atoms with Crippen LogP contribution in [0.15, 0.2) is 18.2 Å². The molecule has 0 amide bonds. The van der Waals surface area contributed by atoms with Crippen molar-refractivity contribution < 1.29 is 29.7 Å². The lowest BCUT2D eigenvalue weighted by atomic mass is 10.1. The number of phenols is 1. The number of aromatic hydroxyl groups is 1. The molecule has 0 aliphatic carbocycles. The zero-order chi connectivity index (χ0) is 14.3. The highest BCUT2D eigenvalue weighted by Crippen LogP contribution is 2.22. The largest absolute Gasteiger partial charge is 0.506 e. The van der Waals surface area contributed by atoms with Gasteiger partial charge in [-0.1, -0.05) is 6.07 Å². The van der Waals surface area contributed by atoms with Gasteiger partial charge in [-0.3, -0.25) is 9.59 Å². The predicted octanol–water partition coefficient (Wildman–Crippen LogP) is 0.323. The predicted molar refractivity (Wildman–Crippen MR) is 61.8 cm³/mol. The maximum Gasteiger partial charge on any atom is 0.339 e. The Hall–Kier alpha value is -2.41. The third-order valence-electron chi connectivity index (χ3n) is 1.82. The van der Waals surface area contributed by atoms with E-state index in [2.05, 4.69) is 5.73 Å². The molecule has 5 N–H and O–H groups in total. The van der Waals surface area contributed by atoms with Gasteiger partial charge in [0, 0.05) is 0 Å². The summed E-state index contributed by atoms with van der Waals surface area (Å²) in [6.45, 7) is 0.987. The van der Waals surface area contributed by atoms with Gasteiger partial charge in [-0.05, 0) is 19.1 Å². The number of hydrogen-bond acceptors (Lipinski definition) is 5. The Morgan fingerprint density at radius 1 is 1.17 bits per heavy atom. The van der Waals surface area contributed by atoms with Crippen molar-refractivity contribution in [2.75, 3.05) is 6.54 Å². The molecule has 0 saturated carbocycles. The fourth-order valence-corrected chi connectivity index (χ4v) is 1.00. The number of benzene rings is 1. The topological polar surface area (TPSA) is 138 Å². The average molecular weight is 255 g/mol. The molecule has 1 aromatic carbocycles. The van der Waals surface area contributed by atoms with E-state index in [4.69, 9.17) is 10.2 Å². The average Bonchev–Trinajstić information content (AvgIpc) is 2.29. The molecule has 0 fully saturated rings. The Morgan fingerprint density at radius 2 is 1.61 bits per heavy atom. The molecule has 0 saturated heterocycles. The number of para-hydroxylation sites is 1. The number of carboxylic acid groups (broad SMARTS) is 2. The summed E-state index contributed by atoms with van der Waals surface area (Å²) < 4.78 is 0. The van der Waals surface area contributed by atoms with E-state index in [9.17, 15) is 19.5 Å². The van der Waals surface area contributed by atoms with Gasteiger partial charge in [-0.15, -0.1) is 0 Å². The molecule has 1 rings (SSSR count). The Morgan fingerprint density at radius 3 is 1.94 bits per heavy atom. The molecule has 0 spiro atoms. The first-order chi connectivity index (χ1) is 8.31. The number of carbonyl (C=O) groups excluding carboxylic acids is 1. The minimum absolute atomic E-state index is 0.0277. The summed E-state index contributed by atoms with van der Waals surface area (Å²) in [7, 11) is 0. The van der Waals surface area contributed by atoms with Crippen molar-refractivity contribution in [1.29, 1.82) is 0 Å². The molecular formula is C11H13NO6. The highest BCUT2D eigenvalue weighted by atomic mass is 16.4. The molecule has 0 unspecified atom stereocenters. The molecule has 0 aliphatic rings. The number of ketones is 1. The number of Topliss-reactive ketones (excluding diaryl/α,β-unsaturated/α-hetero) is 1. The first-order valence-electron chi connectivity index (χ1n) is 4.79. The van der Waals surface area contributed by atoms with Gasteiger partial charge in [0.15, 0.2) is 5.78 Å². The van der Waals surface area contributed by atoms with Crippen molar-refractivity contribution in [2.24, 2.45) is 5.73 Å². The van der Waals surface area contributed by atoms with Crippen LogP contribution in [0.3, 0.4) is 0 Å². The van der Waals surface area contributed by atoms with Gasteiger partial charge in [0.1, 0.15) is 11.3 Å². The molecule has 1 aromatic rings. The van der Waals surface area contributed by atoms with Crippen molar-refractivity contribution in [3.8, 4) is 5.75 Å². The summed E-state index contributed by atoms with van der Waals surface area (Å²) >= 11 is 0. The van der Waals surface area contributed by atoms with Crippen LogP contribution in [0.5, 0.6) is 5.75 Å². The third-order valence-corrected chi connectivity index (χ3v) is 1.82. The summed E-state index contributed by atoms with van der Waals surface area (Å²) in [5.74, 6) is -3.05. The van der Waals surface area contributed by atoms with Crippen molar-refractivity contribution in [3.05, 3.63) is 29.3 Å². The molecule has 7 nitrogen and oxygen atoms in total. The van der Waals surface area contributed by atoms with Crippen molar-refractivity contribution in [3.63, 3.8) is 0 Å². The van der Waals surface area contributed by atoms with Gasteiger partial charge >= 0.3 is 11.9 Å². The summed E-state index contributed by atoms with van der Waals surface area (Å²) in [5, 5.41) is 25.5. The first kappa shape index (κ1) is 15.6. The molecule has 0 atom stereocenters. The molecule has 18 heavy (non-hydrogen) atoms. The fourth-order valence-electron chi connectivity index (χ4n) is 1.00. The fraction of sp³-hybridized carbons (Fsp3) is 0.182. The minimum atomic E-state index is -1.25. The zero-order valence-electron chi connectivity index (χ0n) is 9.58. The summed E-state index contributed by atoms with van der Waals surface area (Å²) in [5.41, 5.74) is 4.34. The molecule has 0 radical (unpaired) electrons. The van der Waals surface area contributed by atoms with Gasteiger partial charge in [-0.2, -0.15) is 0 Å². The van der Waals surface area contributed by atoms with E-state index in [0.29, 0.717) is 0 Å². The van der Waals surface area contributed by atoms with E-state index in [-0.39, 0.29) is 23.5 Å². The molecule has 0 bridgehead atoms. The highest BCUT2D eigenvalue weighted by Gasteiger charge is 2.14. The summed E-state index contributed by atoms with van der Waals surface area (Å²) in [6, 6.07) is 4.04. The maximum absolute atomic E-state index is 10.9. The number of nitrogens with two attached hydrogens (primary N) is 1. The number of aliphatic carboxylic acids is 1. The van der Waals surface area contributed by atoms with Gasteiger partial charge < -0.3 is 21.1 Å². The lowest BCUT2D eigenvalue weighted by molar-refractivity contribution is -0.135. The van der Waals surface area contributed by atoms with Gasteiger partial charge in [0.05, 0.1) is 12.1 Å². The second-order valence-electron chi connectivity index (χ2n) is 3.16. The second kappa shape index (κ2) is 7.02. The number of aromatic carboxylic acids is 1. The minimum Gasteiger partial charge on any atom is -0.506 e. The smallest absolute Gasteiger partial charge is 0.339 e. The molecule has 0 aliphatic heterocycles. The molecule has 0 aromatic heterocycles. The van der Waals surface area contributed by atoms with Crippen LogP contribution in [0.2, 0.25) is 0 Å². The monoisotopic (exact) mass is 255 g/mol. The highest BCUT2D eigenvalue weighted by molar-refractivity contribution is 6.01. The van der Waals surface area contributed by atoms with Crippen LogP contribution in [0.1, 0.15) is 27.6 Å². The Balaban J connectivity index is 0.000000494. The number of carbonyl (C=O) groups is 3. The van der Waals surface area contributed by atoms with Crippen molar-refractivity contribution in [2.45, 2.75) is 6.92 Å². The van der Waals surface area contributed by atoms with E-state index >= 15 is 0 Å². The number of carboxylic acids is 2. The van der Waals surface area contributed by atoms with Gasteiger partial charge in [-0.25, -0.2) is 4.79 Å². The SMILES string of the molecule is CC(=O)c1cccc(C(=O)O)c1O.NCC(=O)O. The van der Waals surface area contributed by atoms with E-state index in [1.54, 1.807) is 0 Å². The van der Waals surface area contributed by atoms with Crippen LogP contribution >= 0.6 is 0 Å². The van der Waals surface area contributed by atoms with E-state index in [1.165, 1.54) is 25.1 Å². The second-order valence-corrected chi connectivity index (χ2v) is 3.16. The normalized spacial score (nSPS) is 9.00. The molecular weight excluding hydrogens is 242 g/mol. The van der Waals surface area contributed by atoms with Crippen molar-refractivity contribution in [1.82, 2.24) is 0 Å². The van der Waals surface area contributed by atoms with Gasteiger partial charge in [0.25, 0.3) is 0 Å². The Bertz CT molecular complexity index is 436. The molecule has 7 heteroatoms. The standard InChI is InChI=1S/C9H8O4.C2H5NO2/c1-5(10)6-3-2-4-7(8(6)11)9(12)13;3-1-2(4)5/h2-4,11H,1H3,(H,12,13);1,3H2,(H,4,5).